The summed E-state index contributed by atoms with van der Waals surface area (Å²) in [4.78, 5) is 0.775. The van der Waals surface area contributed by atoms with E-state index in [-0.39, 0.29) is 0 Å². The third kappa shape index (κ3) is 4.18. The average Bonchev–Trinajstić information content (AvgIpc) is 3.61. The fourth-order valence-corrected chi connectivity index (χ4v) is 5.30. The van der Waals surface area contributed by atoms with Crippen LogP contribution in [0.15, 0.2) is 89.5 Å². The molecule has 0 radical (unpaired) electrons. The number of aromatic nitrogens is 4. The molecule has 0 spiro atoms. The highest BCUT2D eigenvalue weighted by Crippen LogP contribution is 2.41. The van der Waals surface area contributed by atoms with Gasteiger partial charge in [-0.1, -0.05) is 77.8 Å². The summed E-state index contributed by atoms with van der Waals surface area (Å²) in [6.45, 7) is 2.07. The molecule has 0 aliphatic carbocycles. The number of benzene rings is 3. The average molecular weight is 495 g/mol. The summed E-state index contributed by atoms with van der Waals surface area (Å²) in [7, 11) is 0. The van der Waals surface area contributed by atoms with Crippen molar-refractivity contribution in [3.8, 4) is 27.7 Å². The third-order valence-electron chi connectivity index (χ3n) is 5.66. The van der Waals surface area contributed by atoms with Gasteiger partial charge in [0.2, 0.25) is 5.89 Å². The van der Waals surface area contributed by atoms with E-state index in [0.717, 1.165) is 37.5 Å². The number of aryl methyl sites for hydroxylation is 1. The second-order valence-corrected chi connectivity index (χ2v) is 9.53. The molecular weight excluding hydrogens is 476 g/mol. The summed E-state index contributed by atoms with van der Waals surface area (Å²) in [5.74, 6) is 0.811. The Morgan fingerprint density at radius 3 is 2.46 bits per heavy atom. The Kier molecular flexibility index (Phi) is 5.52. The van der Waals surface area contributed by atoms with Gasteiger partial charge in [-0.15, -0.1) is 21.5 Å². The van der Waals surface area contributed by atoms with Crippen LogP contribution >= 0.6 is 22.9 Å². The molecule has 0 unspecified atom stereocenters. The summed E-state index contributed by atoms with van der Waals surface area (Å²) < 4.78 is 8.91. The second-order valence-electron chi connectivity index (χ2n) is 8.10. The second kappa shape index (κ2) is 8.98. The largest absolute Gasteiger partial charge is 0.416 e. The summed E-state index contributed by atoms with van der Waals surface area (Å²) >= 11 is 8.13. The zero-order valence-electron chi connectivity index (χ0n) is 18.7. The van der Waals surface area contributed by atoms with E-state index in [1.54, 1.807) is 11.3 Å². The molecule has 0 N–H and O–H groups in total. The Bertz CT molecular complexity index is 1660. The molecular formula is C28H19ClN4OS. The minimum atomic E-state index is 0.399. The number of para-hydroxylation sites is 1. The van der Waals surface area contributed by atoms with Crippen LogP contribution in [-0.4, -0.2) is 20.0 Å². The number of fused-ring (bicyclic) bond motifs is 1. The Morgan fingerprint density at radius 2 is 1.66 bits per heavy atom. The van der Waals surface area contributed by atoms with Gasteiger partial charge in [-0.3, -0.25) is 0 Å². The standard InChI is InChI=1S/C28H19ClN4OS/c1-18-11-13-19(14-12-18)26-20(17-33(32-26)21-7-3-2-4-8-21)15-16-24-30-31-28(34-24)27-25(29)22-9-5-6-10-23(22)35-27/h2-17H,1H3/b16-15+. The maximum Gasteiger partial charge on any atom is 0.259 e. The van der Waals surface area contributed by atoms with Crippen molar-refractivity contribution in [2.75, 3.05) is 0 Å². The van der Waals surface area contributed by atoms with Crippen LogP contribution in [0.2, 0.25) is 5.02 Å². The molecule has 0 saturated carbocycles. The predicted octanol–water partition coefficient (Wildman–Crippen LogP) is 7.94. The quantitative estimate of drug-likeness (QED) is 0.244. The van der Waals surface area contributed by atoms with E-state index in [2.05, 4.69) is 41.4 Å². The highest BCUT2D eigenvalue weighted by Gasteiger charge is 2.17. The van der Waals surface area contributed by atoms with E-state index in [1.165, 1.54) is 5.56 Å². The maximum atomic E-state index is 6.59. The molecule has 6 rings (SSSR count). The number of rotatable bonds is 5. The van der Waals surface area contributed by atoms with Gasteiger partial charge in [-0.25, -0.2) is 4.68 Å². The fourth-order valence-electron chi connectivity index (χ4n) is 3.86. The van der Waals surface area contributed by atoms with Crippen molar-refractivity contribution in [3.05, 3.63) is 107 Å². The molecule has 3 heterocycles. The van der Waals surface area contributed by atoms with Gasteiger partial charge in [0.15, 0.2) is 0 Å². The van der Waals surface area contributed by atoms with Gasteiger partial charge in [0.25, 0.3) is 5.89 Å². The van der Waals surface area contributed by atoms with Crippen molar-refractivity contribution in [3.63, 3.8) is 0 Å². The van der Waals surface area contributed by atoms with Crippen molar-refractivity contribution < 1.29 is 4.42 Å². The first-order chi connectivity index (χ1) is 17.2. The zero-order valence-corrected chi connectivity index (χ0v) is 20.3. The minimum Gasteiger partial charge on any atom is -0.416 e. The topological polar surface area (TPSA) is 56.7 Å². The van der Waals surface area contributed by atoms with Gasteiger partial charge in [0, 0.05) is 33.5 Å². The van der Waals surface area contributed by atoms with Crippen molar-refractivity contribution >= 4 is 45.2 Å². The SMILES string of the molecule is Cc1ccc(-c2nn(-c3ccccc3)cc2/C=C/c2nnc(-c3sc4ccccc4c3Cl)o2)cc1. The third-order valence-corrected chi connectivity index (χ3v) is 7.33. The van der Waals surface area contributed by atoms with Crippen LogP contribution in [0.25, 0.3) is 50.0 Å². The number of hydrogen-bond donors (Lipinski definition) is 0. The molecule has 0 amide bonds. The molecule has 35 heavy (non-hydrogen) atoms. The lowest BCUT2D eigenvalue weighted by molar-refractivity contribution is 0.559. The molecule has 7 heteroatoms. The van der Waals surface area contributed by atoms with Crippen molar-refractivity contribution in [1.82, 2.24) is 20.0 Å². The van der Waals surface area contributed by atoms with Gasteiger partial charge in [-0.2, -0.15) is 5.10 Å². The summed E-state index contributed by atoms with van der Waals surface area (Å²) in [5, 5.41) is 14.9. The molecule has 0 fully saturated rings. The number of halogens is 1. The van der Waals surface area contributed by atoms with E-state index >= 15 is 0 Å². The zero-order chi connectivity index (χ0) is 23.8. The number of hydrogen-bond acceptors (Lipinski definition) is 5. The Balaban J connectivity index is 1.36. The van der Waals surface area contributed by atoms with Crippen molar-refractivity contribution in [2.45, 2.75) is 6.92 Å². The van der Waals surface area contributed by atoms with Crippen LogP contribution in [-0.2, 0) is 0 Å². The predicted molar refractivity (Wildman–Crippen MR) is 143 cm³/mol. The van der Waals surface area contributed by atoms with E-state index in [4.69, 9.17) is 21.1 Å². The molecule has 0 atom stereocenters. The Morgan fingerprint density at radius 1 is 0.886 bits per heavy atom. The fraction of sp³-hybridized carbons (Fsp3) is 0.0357. The van der Waals surface area contributed by atoms with E-state index in [0.29, 0.717) is 16.8 Å². The van der Waals surface area contributed by atoms with Crippen LogP contribution in [0.3, 0.4) is 0 Å². The highest BCUT2D eigenvalue weighted by atomic mass is 35.5. The normalized spacial score (nSPS) is 11.6. The van der Waals surface area contributed by atoms with Gasteiger partial charge < -0.3 is 4.42 Å². The maximum absolute atomic E-state index is 6.59. The Hall–Kier alpha value is -4.00. The number of nitrogens with zero attached hydrogens (tertiary/aromatic N) is 4. The van der Waals surface area contributed by atoms with Gasteiger partial charge in [0.05, 0.1) is 16.4 Å². The smallest absolute Gasteiger partial charge is 0.259 e. The lowest BCUT2D eigenvalue weighted by Gasteiger charge is -2.01. The molecule has 3 aromatic carbocycles. The summed E-state index contributed by atoms with van der Waals surface area (Å²) in [5.41, 5.74) is 5.04. The minimum absolute atomic E-state index is 0.399. The lowest BCUT2D eigenvalue weighted by Crippen LogP contribution is -1.93. The molecule has 6 aromatic rings. The van der Waals surface area contributed by atoms with Crippen molar-refractivity contribution in [1.29, 1.82) is 0 Å². The molecule has 0 bridgehead atoms. The van der Waals surface area contributed by atoms with Crippen LogP contribution in [0, 0.1) is 6.92 Å². The van der Waals surface area contributed by atoms with E-state index in [1.807, 2.05) is 77.6 Å². The molecule has 3 aromatic heterocycles. The van der Waals surface area contributed by atoms with E-state index < -0.39 is 0 Å². The summed E-state index contributed by atoms with van der Waals surface area (Å²) in [6, 6.07) is 26.4. The molecule has 0 saturated heterocycles. The first-order valence-electron chi connectivity index (χ1n) is 11.1. The van der Waals surface area contributed by atoms with Gasteiger partial charge in [0.1, 0.15) is 4.88 Å². The van der Waals surface area contributed by atoms with Gasteiger partial charge >= 0.3 is 0 Å². The van der Waals surface area contributed by atoms with Crippen LogP contribution in [0.5, 0.6) is 0 Å². The van der Waals surface area contributed by atoms with Gasteiger partial charge in [-0.05, 0) is 31.2 Å². The van der Waals surface area contributed by atoms with E-state index in [9.17, 15) is 0 Å². The highest BCUT2D eigenvalue weighted by molar-refractivity contribution is 7.23. The molecule has 170 valence electrons. The van der Waals surface area contributed by atoms with Crippen LogP contribution in [0.1, 0.15) is 17.0 Å². The summed E-state index contributed by atoms with van der Waals surface area (Å²) in [6.07, 6.45) is 5.76. The molecule has 5 nitrogen and oxygen atoms in total. The Labute approximate surface area is 210 Å². The van der Waals surface area contributed by atoms with Crippen LogP contribution < -0.4 is 0 Å². The first-order valence-corrected chi connectivity index (χ1v) is 12.3. The molecule has 0 aliphatic heterocycles. The van der Waals surface area contributed by atoms with Crippen LogP contribution in [0.4, 0.5) is 0 Å². The monoisotopic (exact) mass is 494 g/mol. The lowest BCUT2D eigenvalue weighted by atomic mass is 10.1. The molecule has 0 aliphatic rings. The first kappa shape index (κ1) is 21.5. The van der Waals surface area contributed by atoms with Crippen molar-refractivity contribution in [2.24, 2.45) is 0 Å². The number of thiophene rings is 1.